The quantitative estimate of drug-likeness (QED) is 0.887. The standard InChI is InChI=1S/C19H18FN3O4/c20-12-5-6-15-14(9-12)18(25)22-7-1-4-16(22)19(26)23(15)11-17(24)21-10-13-3-2-8-27-13/h2-3,5-6,8-9,16H,1,4,7,10-11H2,(H,21,24)/t16-/m0/s1. The highest BCUT2D eigenvalue weighted by molar-refractivity contribution is 6.12. The van der Waals surface area contributed by atoms with Crippen molar-refractivity contribution in [3.63, 3.8) is 0 Å². The molecule has 4 rings (SSSR count). The number of benzene rings is 1. The first kappa shape index (κ1) is 17.3. The molecule has 0 spiro atoms. The molecule has 27 heavy (non-hydrogen) atoms. The molecule has 0 bridgehead atoms. The second kappa shape index (κ2) is 6.86. The van der Waals surface area contributed by atoms with Crippen LogP contribution >= 0.6 is 0 Å². The molecule has 0 unspecified atom stereocenters. The monoisotopic (exact) mass is 371 g/mol. The third-order valence-corrected chi connectivity index (χ3v) is 4.89. The number of halogens is 1. The normalized spacial score (nSPS) is 18.9. The Morgan fingerprint density at radius 3 is 2.93 bits per heavy atom. The van der Waals surface area contributed by atoms with Crippen molar-refractivity contribution in [2.75, 3.05) is 18.0 Å². The summed E-state index contributed by atoms with van der Waals surface area (Å²) >= 11 is 0. The lowest BCUT2D eigenvalue weighted by molar-refractivity contribution is -0.125. The van der Waals surface area contributed by atoms with E-state index in [-0.39, 0.29) is 36.2 Å². The van der Waals surface area contributed by atoms with Crippen LogP contribution in [0.2, 0.25) is 0 Å². The van der Waals surface area contributed by atoms with Gasteiger partial charge in [-0.2, -0.15) is 0 Å². The summed E-state index contributed by atoms with van der Waals surface area (Å²) in [7, 11) is 0. The van der Waals surface area contributed by atoms with E-state index < -0.39 is 17.8 Å². The third kappa shape index (κ3) is 3.18. The lowest BCUT2D eigenvalue weighted by Gasteiger charge is -2.25. The summed E-state index contributed by atoms with van der Waals surface area (Å²) in [5.41, 5.74) is 0.362. The Hall–Kier alpha value is -3.16. The van der Waals surface area contributed by atoms with Crippen molar-refractivity contribution in [3.05, 3.63) is 53.7 Å². The molecule has 1 N–H and O–H groups in total. The van der Waals surface area contributed by atoms with Gasteiger partial charge in [-0.3, -0.25) is 14.4 Å². The van der Waals surface area contributed by atoms with Crippen molar-refractivity contribution in [2.45, 2.75) is 25.4 Å². The van der Waals surface area contributed by atoms with Crippen molar-refractivity contribution in [1.82, 2.24) is 10.2 Å². The minimum absolute atomic E-state index is 0.103. The second-order valence-corrected chi connectivity index (χ2v) is 6.60. The van der Waals surface area contributed by atoms with Crippen LogP contribution in [-0.2, 0) is 16.1 Å². The maximum atomic E-state index is 13.7. The molecule has 2 aromatic rings. The smallest absolute Gasteiger partial charge is 0.256 e. The summed E-state index contributed by atoms with van der Waals surface area (Å²) in [5, 5.41) is 2.69. The van der Waals surface area contributed by atoms with Crippen LogP contribution in [0, 0.1) is 5.82 Å². The molecule has 3 heterocycles. The van der Waals surface area contributed by atoms with Gasteiger partial charge in [-0.15, -0.1) is 0 Å². The Morgan fingerprint density at radius 2 is 2.15 bits per heavy atom. The molecule has 2 aliphatic heterocycles. The van der Waals surface area contributed by atoms with Crippen LogP contribution in [0.1, 0.15) is 29.0 Å². The molecule has 1 atom stereocenters. The lowest BCUT2D eigenvalue weighted by atomic mass is 10.1. The molecular formula is C19H18FN3O4. The summed E-state index contributed by atoms with van der Waals surface area (Å²) in [6.45, 7) is 0.387. The molecule has 2 aliphatic rings. The van der Waals surface area contributed by atoms with E-state index in [1.165, 1.54) is 28.2 Å². The highest BCUT2D eigenvalue weighted by atomic mass is 19.1. The van der Waals surface area contributed by atoms with E-state index in [2.05, 4.69) is 5.32 Å². The summed E-state index contributed by atoms with van der Waals surface area (Å²) in [5.74, 6) is -1.06. The largest absolute Gasteiger partial charge is 0.467 e. The maximum absolute atomic E-state index is 13.7. The van der Waals surface area contributed by atoms with Gasteiger partial charge >= 0.3 is 0 Å². The summed E-state index contributed by atoms with van der Waals surface area (Å²) in [4.78, 5) is 41.0. The minimum Gasteiger partial charge on any atom is -0.467 e. The van der Waals surface area contributed by atoms with E-state index in [0.29, 0.717) is 25.1 Å². The molecule has 7 nitrogen and oxygen atoms in total. The van der Waals surface area contributed by atoms with Gasteiger partial charge in [-0.1, -0.05) is 0 Å². The third-order valence-electron chi connectivity index (χ3n) is 4.89. The number of fused-ring (bicyclic) bond motifs is 2. The zero-order chi connectivity index (χ0) is 19.0. The first-order chi connectivity index (χ1) is 13.0. The van der Waals surface area contributed by atoms with Gasteiger partial charge < -0.3 is 19.5 Å². The van der Waals surface area contributed by atoms with Gasteiger partial charge in [0.2, 0.25) is 11.8 Å². The molecular weight excluding hydrogens is 353 g/mol. The van der Waals surface area contributed by atoms with Crippen LogP contribution < -0.4 is 10.2 Å². The Bertz CT molecular complexity index is 896. The summed E-state index contributed by atoms with van der Waals surface area (Å²) in [6.07, 6.45) is 2.74. The number of nitrogens with zero attached hydrogens (tertiary/aromatic N) is 2. The second-order valence-electron chi connectivity index (χ2n) is 6.60. The zero-order valence-corrected chi connectivity index (χ0v) is 14.5. The van der Waals surface area contributed by atoms with Crippen LogP contribution in [0.3, 0.4) is 0 Å². The molecule has 1 saturated heterocycles. The van der Waals surface area contributed by atoms with Crippen LogP contribution in [0.5, 0.6) is 0 Å². The fraction of sp³-hybridized carbons (Fsp3) is 0.316. The number of hydrogen-bond acceptors (Lipinski definition) is 4. The Morgan fingerprint density at radius 1 is 1.30 bits per heavy atom. The van der Waals surface area contributed by atoms with E-state index in [9.17, 15) is 18.8 Å². The first-order valence-corrected chi connectivity index (χ1v) is 8.75. The van der Waals surface area contributed by atoms with Gasteiger partial charge in [0.15, 0.2) is 0 Å². The van der Waals surface area contributed by atoms with E-state index >= 15 is 0 Å². The number of amides is 3. The van der Waals surface area contributed by atoms with Gasteiger partial charge in [-0.25, -0.2) is 4.39 Å². The molecule has 3 amide bonds. The molecule has 1 aromatic carbocycles. The van der Waals surface area contributed by atoms with Gasteiger partial charge in [0.1, 0.15) is 24.2 Å². The van der Waals surface area contributed by atoms with Gasteiger partial charge in [0, 0.05) is 6.54 Å². The summed E-state index contributed by atoms with van der Waals surface area (Å²) in [6, 6.07) is 6.51. The minimum atomic E-state index is -0.620. The van der Waals surface area contributed by atoms with Gasteiger partial charge in [-0.05, 0) is 43.2 Å². The fourth-order valence-corrected chi connectivity index (χ4v) is 3.60. The fourth-order valence-electron chi connectivity index (χ4n) is 3.60. The van der Waals surface area contributed by atoms with Crippen molar-refractivity contribution in [1.29, 1.82) is 0 Å². The predicted octanol–water partition coefficient (Wildman–Crippen LogP) is 1.69. The lowest BCUT2D eigenvalue weighted by Crippen LogP contribution is -2.48. The van der Waals surface area contributed by atoms with E-state index in [1.807, 2.05) is 0 Å². The highest BCUT2D eigenvalue weighted by Crippen LogP contribution is 2.32. The molecule has 1 aromatic heterocycles. The van der Waals surface area contributed by atoms with E-state index in [4.69, 9.17) is 4.42 Å². The molecule has 0 radical (unpaired) electrons. The molecule has 140 valence electrons. The highest BCUT2D eigenvalue weighted by Gasteiger charge is 2.42. The van der Waals surface area contributed by atoms with E-state index in [0.717, 1.165) is 6.07 Å². The van der Waals surface area contributed by atoms with E-state index in [1.54, 1.807) is 12.1 Å². The number of rotatable bonds is 4. The predicted molar refractivity (Wildman–Crippen MR) is 93.4 cm³/mol. The number of furan rings is 1. The summed E-state index contributed by atoms with van der Waals surface area (Å²) < 4.78 is 18.9. The van der Waals surface area contributed by atoms with Gasteiger partial charge in [0.05, 0.1) is 24.1 Å². The number of hydrogen-bond donors (Lipinski definition) is 1. The number of carbonyl (C=O) groups excluding carboxylic acids is 3. The average molecular weight is 371 g/mol. The van der Waals surface area contributed by atoms with Crippen LogP contribution in [-0.4, -0.2) is 41.8 Å². The zero-order valence-electron chi connectivity index (χ0n) is 14.5. The van der Waals surface area contributed by atoms with Crippen molar-refractivity contribution >= 4 is 23.4 Å². The van der Waals surface area contributed by atoms with Crippen molar-refractivity contribution < 1.29 is 23.2 Å². The topological polar surface area (TPSA) is 82.9 Å². The Labute approximate surface area is 154 Å². The number of carbonyl (C=O) groups is 3. The van der Waals surface area contributed by atoms with Crippen LogP contribution in [0.25, 0.3) is 0 Å². The average Bonchev–Trinajstić information content (AvgIpc) is 3.33. The number of anilines is 1. The SMILES string of the molecule is O=C(CN1C(=O)[C@@H]2CCCN2C(=O)c2cc(F)ccc21)NCc1ccco1. The molecule has 0 saturated carbocycles. The maximum Gasteiger partial charge on any atom is 0.256 e. The van der Waals surface area contributed by atoms with Gasteiger partial charge in [0.25, 0.3) is 5.91 Å². The van der Waals surface area contributed by atoms with Crippen molar-refractivity contribution in [3.8, 4) is 0 Å². The first-order valence-electron chi connectivity index (χ1n) is 8.75. The molecule has 1 fully saturated rings. The molecule has 0 aliphatic carbocycles. The molecule has 8 heteroatoms. The Balaban J connectivity index is 1.61. The van der Waals surface area contributed by atoms with Crippen LogP contribution in [0.15, 0.2) is 41.0 Å². The Kier molecular flexibility index (Phi) is 4.39. The number of nitrogens with one attached hydrogen (secondary N) is 1. The van der Waals surface area contributed by atoms with Crippen LogP contribution in [0.4, 0.5) is 10.1 Å². The van der Waals surface area contributed by atoms with Crippen molar-refractivity contribution in [2.24, 2.45) is 0 Å².